The van der Waals surface area contributed by atoms with E-state index in [4.69, 9.17) is 19.4 Å². The number of rotatable bonds is 4. The van der Waals surface area contributed by atoms with Gasteiger partial charge in [-0.2, -0.15) is 0 Å². The minimum atomic E-state index is 0.601. The molecule has 44 heavy (non-hydrogen) atoms. The van der Waals surface area contributed by atoms with E-state index in [0.717, 1.165) is 60.7 Å². The molecule has 0 aliphatic rings. The molecule has 0 atom stereocenters. The van der Waals surface area contributed by atoms with Crippen molar-refractivity contribution in [2.45, 2.75) is 0 Å². The van der Waals surface area contributed by atoms with Crippen LogP contribution in [-0.2, 0) is 0 Å². The summed E-state index contributed by atoms with van der Waals surface area (Å²) in [5.74, 6) is 1.87. The predicted molar refractivity (Wildman–Crippen MR) is 178 cm³/mol. The lowest BCUT2D eigenvalue weighted by Gasteiger charge is -2.08. The highest BCUT2D eigenvalue weighted by molar-refractivity contribution is 6.21. The molecule has 5 heteroatoms. The summed E-state index contributed by atoms with van der Waals surface area (Å²) in [5.41, 5.74) is 7.70. The fourth-order valence-electron chi connectivity index (χ4n) is 6.20. The first kappa shape index (κ1) is 24.5. The van der Waals surface area contributed by atoms with Crippen molar-refractivity contribution in [2.24, 2.45) is 0 Å². The van der Waals surface area contributed by atoms with Gasteiger partial charge in [0.2, 0.25) is 0 Å². The van der Waals surface area contributed by atoms with Crippen molar-refractivity contribution >= 4 is 43.7 Å². The second kappa shape index (κ2) is 9.75. The van der Waals surface area contributed by atoms with Crippen LogP contribution in [-0.4, -0.2) is 19.5 Å². The summed E-state index contributed by atoms with van der Waals surface area (Å²) in [6.45, 7) is 0. The summed E-state index contributed by atoms with van der Waals surface area (Å²) in [6, 6.07) is 49.7. The van der Waals surface area contributed by atoms with Crippen LogP contribution in [0.1, 0.15) is 0 Å². The molecule has 0 fully saturated rings. The van der Waals surface area contributed by atoms with E-state index < -0.39 is 0 Å². The number of aromatic nitrogens is 4. The summed E-state index contributed by atoms with van der Waals surface area (Å²) in [6.07, 6.45) is 0. The van der Waals surface area contributed by atoms with Gasteiger partial charge in [-0.1, -0.05) is 109 Å². The Morgan fingerprint density at radius 3 is 1.66 bits per heavy atom. The smallest absolute Gasteiger partial charge is 0.164 e. The van der Waals surface area contributed by atoms with Gasteiger partial charge in [0, 0.05) is 43.9 Å². The molecule has 3 heterocycles. The van der Waals surface area contributed by atoms with E-state index in [1.165, 1.54) is 5.39 Å². The number of benzene rings is 6. The maximum Gasteiger partial charge on any atom is 0.164 e. The van der Waals surface area contributed by atoms with Crippen LogP contribution >= 0.6 is 0 Å². The third-order valence-electron chi connectivity index (χ3n) is 8.25. The molecule has 0 amide bonds. The van der Waals surface area contributed by atoms with Gasteiger partial charge in [0.15, 0.2) is 23.1 Å². The van der Waals surface area contributed by atoms with Gasteiger partial charge in [0.05, 0.1) is 11.0 Å². The average molecular weight is 565 g/mol. The van der Waals surface area contributed by atoms with Crippen molar-refractivity contribution < 1.29 is 4.42 Å². The van der Waals surface area contributed by atoms with Crippen LogP contribution in [0.4, 0.5) is 0 Å². The highest BCUT2D eigenvalue weighted by atomic mass is 16.3. The van der Waals surface area contributed by atoms with Crippen LogP contribution in [0.15, 0.2) is 150 Å². The predicted octanol–water partition coefficient (Wildman–Crippen LogP) is 9.87. The van der Waals surface area contributed by atoms with E-state index in [0.29, 0.717) is 17.5 Å². The fraction of sp³-hybridized carbons (Fsp3) is 0. The summed E-state index contributed by atoms with van der Waals surface area (Å²) in [5, 5.41) is 4.48. The second-order valence-corrected chi connectivity index (χ2v) is 10.9. The lowest BCUT2D eigenvalue weighted by molar-refractivity contribution is 0.671. The van der Waals surface area contributed by atoms with Gasteiger partial charge in [-0.05, 0) is 36.4 Å². The molecule has 9 aromatic rings. The lowest BCUT2D eigenvalue weighted by atomic mass is 10.1. The summed E-state index contributed by atoms with van der Waals surface area (Å²) >= 11 is 0. The van der Waals surface area contributed by atoms with Gasteiger partial charge in [0.1, 0.15) is 5.58 Å². The highest BCUT2D eigenvalue weighted by Gasteiger charge is 2.20. The molecule has 5 nitrogen and oxygen atoms in total. The van der Waals surface area contributed by atoms with Crippen molar-refractivity contribution in [3.63, 3.8) is 0 Å². The van der Waals surface area contributed by atoms with E-state index >= 15 is 0 Å². The molecule has 0 radical (unpaired) electrons. The summed E-state index contributed by atoms with van der Waals surface area (Å²) < 4.78 is 9.06. The standard InChI is InChI=1S/C39H24N4O/c1-4-12-25(13-5-1)37-40-38(26-14-6-2-7-15-26)42-39(41-37)27-20-21-30-32-23-22-31-29-18-10-11-19-33(29)43(28-16-8-3-9-17-28)35(31)36(32)44-34(30)24-27/h1-24H. The number of nitrogens with zero attached hydrogens (tertiary/aromatic N) is 4. The number of hydrogen-bond acceptors (Lipinski definition) is 4. The van der Waals surface area contributed by atoms with Gasteiger partial charge in [0.25, 0.3) is 0 Å². The van der Waals surface area contributed by atoms with Gasteiger partial charge >= 0.3 is 0 Å². The Hall–Kier alpha value is -6.07. The van der Waals surface area contributed by atoms with E-state index in [1.54, 1.807) is 0 Å². The first-order chi connectivity index (χ1) is 21.8. The SMILES string of the molecule is c1ccc(-c2nc(-c3ccccc3)nc(-c3ccc4c(c3)oc3c4ccc4c5ccccc5n(-c5ccccc5)c43)n2)cc1. The Bertz CT molecular complexity index is 2420. The van der Waals surface area contributed by atoms with Crippen LogP contribution in [0.2, 0.25) is 0 Å². The van der Waals surface area contributed by atoms with Crippen molar-refractivity contribution in [1.29, 1.82) is 0 Å². The normalized spacial score (nSPS) is 11.6. The number of hydrogen-bond donors (Lipinski definition) is 0. The molecule has 0 bridgehead atoms. The minimum Gasteiger partial charge on any atom is -0.454 e. The van der Waals surface area contributed by atoms with E-state index in [9.17, 15) is 0 Å². The summed E-state index contributed by atoms with van der Waals surface area (Å²) in [7, 11) is 0. The minimum absolute atomic E-state index is 0.601. The maximum atomic E-state index is 6.76. The number of fused-ring (bicyclic) bond motifs is 7. The fourth-order valence-corrected chi connectivity index (χ4v) is 6.20. The Labute approximate surface area is 252 Å². The molecule has 0 aliphatic heterocycles. The molecule has 0 saturated heterocycles. The average Bonchev–Trinajstić information content (AvgIpc) is 3.65. The van der Waals surface area contributed by atoms with Crippen LogP contribution in [0.25, 0.3) is 83.6 Å². The van der Waals surface area contributed by atoms with Gasteiger partial charge in [-0.3, -0.25) is 0 Å². The molecule has 0 unspecified atom stereocenters. The van der Waals surface area contributed by atoms with Gasteiger partial charge in [-0.15, -0.1) is 0 Å². The second-order valence-electron chi connectivity index (χ2n) is 10.9. The first-order valence-corrected chi connectivity index (χ1v) is 14.6. The van der Waals surface area contributed by atoms with Crippen molar-refractivity contribution in [2.75, 3.05) is 0 Å². The zero-order chi connectivity index (χ0) is 29.0. The zero-order valence-electron chi connectivity index (χ0n) is 23.6. The van der Waals surface area contributed by atoms with Crippen LogP contribution in [0.3, 0.4) is 0 Å². The van der Waals surface area contributed by atoms with Gasteiger partial charge < -0.3 is 8.98 Å². The Kier molecular flexibility index (Phi) is 5.43. The third kappa shape index (κ3) is 3.83. The molecule has 3 aromatic heterocycles. The van der Waals surface area contributed by atoms with Crippen LogP contribution in [0.5, 0.6) is 0 Å². The van der Waals surface area contributed by atoms with Crippen LogP contribution in [0, 0.1) is 0 Å². The zero-order valence-corrected chi connectivity index (χ0v) is 23.6. The summed E-state index contributed by atoms with van der Waals surface area (Å²) in [4.78, 5) is 14.7. The Balaban J connectivity index is 1.28. The van der Waals surface area contributed by atoms with Crippen molar-refractivity contribution in [1.82, 2.24) is 19.5 Å². The number of furan rings is 1. The third-order valence-corrected chi connectivity index (χ3v) is 8.25. The Morgan fingerprint density at radius 1 is 0.432 bits per heavy atom. The van der Waals surface area contributed by atoms with E-state index in [2.05, 4.69) is 83.4 Å². The van der Waals surface area contributed by atoms with Crippen molar-refractivity contribution in [3.8, 4) is 39.9 Å². The first-order valence-electron chi connectivity index (χ1n) is 14.6. The van der Waals surface area contributed by atoms with E-state index in [1.807, 2.05) is 66.7 Å². The quantitative estimate of drug-likeness (QED) is 0.213. The number of para-hydroxylation sites is 2. The molecule has 0 spiro atoms. The molecular formula is C39H24N4O. The molecule has 0 saturated carbocycles. The highest BCUT2D eigenvalue weighted by Crippen LogP contribution is 2.41. The molecule has 0 aliphatic carbocycles. The maximum absolute atomic E-state index is 6.76. The molecule has 0 N–H and O–H groups in total. The molecule has 6 aromatic carbocycles. The Morgan fingerprint density at radius 2 is 0.977 bits per heavy atom. The molecule has 206 valence electrons. The van der Waals surface area contributed by atoms with E-state index in [-0.39, 0.29) is 0 Å². The van der Waals surface area contributed by atoms with Crippen molar-refractivity contribution in [3.05, 3.63) is 146 Å². The van der Waals surface area contributed by atoms with Crippen LogP contribution < -0.4 is 0 Å². The van der Waals surface area contributed by atoms with Gasteiger partial charge in [-0.25, -0.2) is 15.0 Å². The topological polar surface area (TPSA) is 56.7 Å². The largest absolute Gasteiger partial charge is 0.454 e. The molecular weight excluding hydrogens is 540 g/mol. The molecule has 9 rings (SSSR count). The monoisotopic (exact) mass is 564 g/mol. The lowest BCUT2D eigenvalue weighted by Crippen LogP contribution is -2.00.